The van der Waals surface area contributed by atoms with Crippen molar-refractivity contribution >= 4 is 11.9 Å². The topological polar surface area (TPSA) is 84.1 Å². The van der Waals surface area contributed by atoms with Crippen LogP contribution in [0.4, 0.5) is 0 Å². The predicted octanol–water partition coefficient (Wildman–Crippen LogP) is 1.30. The maximum atomic E-state index is 11.8. The highest BCUT2D eigenvalue weighted by molar-refractivity contribution is 5.83. The zero-order chi connectivity index (χ0) is 15.2. The number of imidazole rings is 1. The van der Waals surface area contributed by atoms with Crippen LogP contribution in [0.3, 0.4) is 0 Å². The number of methoxy groups -OCH3 is 1. The fourth-order valence-corrected chi connectivity index (χ4v) is 2.11. The first-order chi connectivity index (χ1) is 10.1. The summed E-state index contributed by atoms with van der Waals surface area (Å²) in [6, 6.07) is 8.88. The average Bonchev–Trinajstić information content (AvgIpc) is 2.94. The number of nitrogens with zero attached hydrogens (tertiary/aromatic N) is 1. The third-order valence-electron chi connectivity index (χ3n) is 3.04. The van der Waals surface area contributed by atoms with Gasteiger partial charge in [0.15, 0.2) is 0 Å². The molecule has 2 N–H and O–H groups in total. The number of carbonyl (C=O) groups is 2. The van der Waals surface area contributed by atoms with Crippen molar-refractivity contribution in [1.29, 1.82) is 0 Å². The van der Waals surface area contributed by atoms with E-state index in [4.69, 9.17) is 4.74 Å². The van der Waals surface area contributed by atoms with Gasteiger partial charge in [0.05, 0.1) is 19.1 Å². The Morgan fingerprint density at radius 3 is 2.67 bits per heavy atom. The first-order valence-corrected chi connectivity index (χ1v) is 6.54. The monoisotopic (exact) mass is 287 g/mol. The van der Waals surface area contributed by atoms with Crippen molar-refractivity contribution in [1.82, 2.24) is 15.3 Å². The summed E-state index contributed by atoms with van der Waals surface area (Å²) < 4.78 is 4.72. The number of aromatic nitrogens is 2. The van der Waals surface area contributed by atoms with Gasteiger partial charge < -0.3 is 15.0 Å². The van der Waals surface area contributed by atoms with Gasteiger partial charge in [0, 0.05) is 24.6 Å². The van der Waals surface area contributed by atoms with Crippen molar-refractivity contribution in [3.63, 3.8) is 0 Å². The Morgan fingerprint density at radius 1 is 1.33 bits per heavy atom. The minimum atomic E-state index is -0.740. The Balaban J connectivity index is 2.24. The smallest absolute Gasteiger partial charge is 0.328 e. The number of carbonyl (C=O) groups excluding carboxylic acids is 2. The molecule has 0 aliphatic rings. The molecule has 2 aromatic rings. The average molecular weight is 287 g/mol. The van der Waals surface area contributed by atoms with Crippen LogP contribution < -0.4 is 5.32 Å². The first kappa shape index (κ1) is 14.8. The zero-order valence-electron chi connectivity index (χ0n) is 11.9. The maximum Gasteiger partial charge on any atom is 0.328 e. The van der Waals surface area contributed by atoms with Crippen LogP contribution in [-0.4, -0.2) is 35.0 Å². The van der Waals surface area contributed by atoms with Crippen molar-refractivity contribution in [3.8, 4) is 11.3 Å². The molecule has 0 unspecified atom stereocenters. The van der Waals surface area contributed by atoms with E-state index in [1.807, 2.05) is 30.3 Å². The lowest BCUT2D eigenvalue weighted by molar-refractivity contribution is -0.144. The lowest BCUT2D eigenvalue weighted by atomic mass is 10.1. The van der Waals surface area contributed by atoms with Crippen LogP contribution in [-0.2, 0) is 20.7 Å². The fraction of sp³-hybridized carbons (Fsp3) is 0.267. The van der Waals surface area contributed by atoms with Crippen molar-refractivity contribution in [2.45, 2.75) is 19.4 Å². The number of benzene rings is 1. The third-order valence-corrected chi connectivity index (χ3v) is 3.04. The van der Waals surface area contributed by atoms with Gasteiger partial charge in [-0.05, 0) is 0 Å². The zero-order valence-corrected chi connectivity index (χ0v) is 11.9. The number of amides is 1. The second-order valence-electron chi connectivity index (χ2n) is 4.58. The number of hydrogen-bond donors (Lipinski definition) is 2. The number of nitrogens with one attached hydrogen (secondary N) is 2. The van der Waals surface area contributed by atoms with Crippen LogP contribution in [0.25, 0.3) is 11.3 Å². The summed E-state index contributed by atoms with van der Waals surface area (Å²) in [5.74, 6) is -0.773. The maximum absolute atomic E-state index is 11.8. The molecule has 110 valence electrons. The minimum Gasteiger partial charge on any atom is -0.467 e. The number of rotatable bonds is 5. The largest absolute Gasteiger partial charge is 0.467 e. The second kappa shape index (κ2) is 6.69. The Bertz CT molecular complexity index is 622. The molecular weight excluding hydrogens is 270 g/mol. The molecule has 6 heteroatoms. The Labute approximate surface area is 122 Å². The van der Waals surface area contributed by atoms with Gasteiger partial charge in [-0.3, -0.25) is 4.79 Å². The van der Waals surface area contributed by atoms with E-state index in [-0.39, 0.29) is 12.3 Å². The normalized spacial score (nSPS) is 11.7. The lowest BCUT2D eigenvalue weighted by Gasteiger charge is -2.15. The molecule has 21 heavy (non-hydrogen) atoms. The predicted molar refractivity (Wildman–Crippen MR) is 77.3 cm³/mol. The Kier molecular flexibility index (Phi) is 4.71. The van der Waals surface area contributed by atoms with E-state index in [1.165, 1.54) is 14.0 Å². The van der Waals surface area contributed by atoms with E-state index < -0.39 is 12.0 Å². The molecule has 1 heterocycles. The summed E-state index contributed by atoms with van der Waals surface area (Å²) in [6.07, 6.45) is 1.86. The second-order valence-corrected chi connectivity index (χ2v) is 4.58. The van der Waals surface area contributed by atoms with Crippen LogP contribution in [0.1, 0.15) is 12.6 Å². The highest BCUT2D eigenvalue weighted by Crippen LogP contribution is 2.21. The standard InChI is InChI=1S/C15H17N3O3/c1-10(19)18-13(15(20)21-2)8-12-14(17-9-16-12)11-6-4-3-5-7-11/h3-7,9,13H,8H2,1-2H3,(H,16,17)(H,18,19)/t13-/m0/s1. The van der Waals surface area contributed by atoms with Crippen molar-refractivity contribution in [2.24, 2.45) is 0 Å². The first-order valence-electron chi connectivity index (χ1n) is 6.54. The molecule has 1 aromatic carbocycles. The molecule has 1 aromatic heterocycles. The van der Waals surface area contributed by atoms with Crippen molar-refractivity contribution in [2.75, 3.05) is 7.11 Å². The van der Waals surface area contributed by atoms with Crippen LogP contribution >= 0.6 is 0 Å². The quantitative estimate of drug-likeness (QED) is 0.812. The molecule has 0 saturated heterocycles. The molecule has 1 amide bonds. The van der Waals surface area contributed by atoms with Gasteiger partial charge in [0.2, 0.25) is 5.91 Å². The SMILES string of the molecule is COC(=O)[C@H](Cc1[nH]cnc1-c1ccccc1)NC(C)=O. The lowest BCUT2D eigenvalue weighted by Crippen LogP contribution is -2.42. The molecule has 0 spiro atoms. The fourth-order valence-electron chi connectivity index (χ4n) is 2.11. The summed E-state index contributed by atoms with van der Waals surface area (Å²) in [7, 11) is 1.29. The van der Waals surface area contributed by atoms with Gasteiger partial charge in [-0.25, -0.2) is 9.78 Å². The van der Waals surface area contributed by atoms with E-state index in [0.717, 1.165) is 17.0 Å². The summed E-state index contributed by atoms with van der Waals surface area (Å²) in [5, 5.41) is 2.59. The molecule has 2 rings (SSSR count). The van der Waals surface area contributed by atoms with E-state index in [1.54, 1.807) is 6.33 Å². The van der Waals surface area contributed by atoms with Crippen molar-refractivity contribution in [3.05, 3.63) is 42.4 Å². The third kappa shape index (κ3) is 3.68. The van der Waals surface area contributed by atoms with Gasteiger partial charge in [-0.15, -0.1) is 0 Å². The summed E-state index contributed by atoms with van der Waals surface area (Å²) in [5.41, 5.74) is 2.47. The number of H-pyrrole nitrogens is 1. The summed E-state index contributed by atoms with van der Waals surface area (Å²) in [4.78, 5) is 30.3. The molecular formula is C15H17N3O3. The number of ether oxygens (including phenoxy) is 1. The van der Waals surface area contributed by atoms with Gasteiger partial charge >= 0.3 is 5.97 Å². The van der Waals surface area contributed by atoms with Crippen LogP contribution in [0.2, 0.25) is 0 Å². The van der Waals surface area contributed by atoms with Crippen LogP contribution in [0.5, 0.6) is 0 Å². The molecule has 0 saturated carbocycles. The Morgan fingerprint density at radius 2 is 2.05 bits per heavy atom. The van der Waals surface area contributed by atoms with Gasteiger partial charge in [-0.2, -0.15) is 0 Å². The molecule has 1 atom stereocenters. The van der Waals surface area contributed by atoms with Gasteiger partial charge in [-0.1, -0.05) is 30.3 Å². The van der Waals surface area contributed by atoms with E-state index in [0.29, 0.717) is 0 Å². The van der Waals surface area contributed by atoms with Crippen LogP contribution in [0, 0.1) is 0 Å². The summed E-state index contributed by atoms with van der Waals surface area (Å²) >= 11 is 0. The number of esters is 1. The van der Waals surface area contributed by atoms with Gasteiger partial charge in [0.25, 0.3) is 0 Å². The van der Waals surface area contributed by atoms with Gasteiger partial charge in [0.1, 0.15) is 6.04 Å². The molecule has 0 fully saturated rings. The van der Waals surface area contributed by atoms with E-state index >= 15 is 0 Å². The molecule has 6 nitrogen and oxygen atoms in total. The van der Waals surface area contributed by atoms with E-state index in [2.05, 4.69) is 15.3 Å². The molecule has 0 aliphatic heterocycles. The number of aromatic amines is 1. The highest BCUT2D eigenvalue weighted by Gasteiger charge is 2.23. The Hall–Kier alpha value is -2.63. The molecule has 0 aliphatic carbocycles. The molecule has 0 radical (unpaired) electrons. The summed E-state index contributed by atoms with van der Waals surface area (Å²) in [6.45, 7) is 1.36. The number of hydrogen-bond acceptors (Lipinski definition) is 4. The van der Waals surface area contributed by atoms with E-state index in [9.17, 15) is 9.59 Å². The highest BCUT2D eigenvalue weighted by atomic mass is 16.5. The molecule has 0 bridgehead atoms. The van der Waals surface area contributed by atoms with Crippen molar-refractivity contribution < 1.29 is 14.3 Å². The minimum absolute atomic E-state index is 0.286. The van der Waals surface area contributed by atoms with Crippen LogP contribution in [0.15, 0.2) is 36.7 Å².